The molecule has 0 amide bonds. The van der Waals surface area contributed by atoms with Crippen LogP contribution in [0.3, 0.4) is 0 Å². The maximum absolute atomic E-state index is 12.7. The number of nitrogens with zero attached hydrogens (tertiary/aromatic N) is 4. The van der Waals surface area contributed by atoms with E-state index in [1.54, 1.807) is 24.9 Å². The molecule has 0 spiro atoms. The van der Waals surface area contributed by atoms with Crippen molar-refractivity contribution in [1.82, 2.24) is 19.1 Å². The first-order chi connectivity index (χ1) is 12.7. The molecule has 2 heterocycles. The number of fused-ring (bicyclic) bond motifs is 1. The molecular weight excluding hydrogens is 330 g/mol. The molecule has 0 bridgehead atoms. The third-order valence-corrected chi connectivity index (χ3v) is 4.14. The summed E-state index contributed by atoms with van der Waals surface area (Å²) in [6, 6.07) is 16.9. The van der Waals surface area contributed by atoms with Gasteiger partial charge in [-0.2, -0.15) is 4.98 Å². The van der Waals surface area contributed by atoms with Crippen molar-refractivity contribution in [2.24, 2.45) is 7.05 Å². The zero-order valence-electron chi connectivity index (χ0n) is 14.4. The Morgan fingerprint density at radius 2 is 1.88 bits per heavy atom. The van der Waals surface area contributed by atoms with Crippen LogP contribution in [-0.2, 0) is 7.05 Å². The molecule has 0 saturated carbocycles. The summed E-state index contributed by atoms with van der Waals surface area (Å²) >= 11 is 0. The summed E-state index contributed by atoms with van der Waals surface area (Å²) in [7, 11) is 3.33. The Labute approximate surface area is 149 Å². The van der Waals surface area contributed by atoms with Crippen molar-refractivity contribution in [2.75, 3.05) is 12.4 Å². The Balaban J connectivity index is 1.83. The predicted octanol–water partition coefficient (Wildman–Crippen LogP) is 2.87. The lowest BCUT2D eigenvalue weighted by atomic mass is 10.3. The fourth-order valence-electron chi connectivity index (χ4n) is 2.81. The lowest BCUT2D eigenvalue weighted by Gasteiger charge is -2.07. The van der Waals surface area contributed by atoms with E-state index < -0.39 is 0 Å². The number of anilines is 2. The topological polar surface area (TPSA) is 74.0 Å². The molecule has 0 aliphatic carbocycles. The molecule has 0 radical (unpaired) electrons. The molecule has 2 aromatic heterocycles. The number of ether oxygens (including phenoxy) is 1. The first-order valence-corrected chi connectivity index (χ1v) is 8.08. The number of methoxy groups -OCH3 is 1. The van der Waals surface area contributed by atoms with Gasteiger partial charge in [0.25, 0.3) is 0 Å². The average molecular weight is 347 g/mol. The van der Waals surface area contributed by atoms with Gasteiger partial charge >= 0.3 is 5.69 Å². The van der Waals surface area contributed by atoms with Crippen LogP contribution in [-0.4, -0.2) is 26.2 Å². The number of benzene rings is 2. The van der Waals surface area contributed by atoms with Crippen LogP contribution in [0.1, 0.15) is 0 Å². The second-order valence-electron chi connectivity index (χ2n) is 5.77. The molecule has 130 valence electrons. The molecule has 2 aromatic carbocycles. The number of nitrogens with one attached hydrogen (secondary N) is 1. The first-order valence-electron chi connectivity index (χ1n) is 8.08. The second kappa shape index (κ2) is 6.36. The van der Waals surface area contributed by atoms with E-state index in [-0.39, 0.29) is 5.69 Å². The van der Waals surface area contributed by atoms with Crippen molar-refractivity contribution in [3.05, 3.63) is 71.3 Å². The molecule has 0 atom stereocenters. The van der Waals surface area contributed by atoms with Gasteiger partial charge in [-0.1, -0.05) is 24.3 Å². The zero-order valence-corrected chi connectivity index (χ0v) is 14.4. The molecule has 0 saturated heterocycles. The minimum Gasteiger partial charge on any atom is -0.497 e. The molecule has 0 aliphatic heterocycles. The molecular formula is C19H17N5O2. The maximum atomic E-state index is 12.7. The Kier molecular flexibility index (Phi) is 3.89. The van der Waals surface area contributed by atoms with Crippen molar-refractivity contribution in [1.29, 1.82) is 0 Å². The second-order valence-corrected chi connectivity index (χ2v) is 5.77. The molecule has 7 nitrogen and oxygen atoms in total. The van der Waals surface area contributed by atoms with Crippen LogP contribution >= 0.6 is 0 Å². The number of rotatable bonds is 4. The van der Waals surface area contributed by atoms with Crippen LogP contribution in [0, 0.1) is 0 Å². The smallest absolute Gasteiger partial charge is 0.334 e. The SMILES string of the molecule is COc1cccc(Nc2ncc3c(n2)n(-c2ccccc2)c(=O)n3C)c1. The van der Waals surface area contributed by atoms with Crippen LogP contribution in [0.4, 0.5) is 11.6 Å². The van der Waals surface area contributed by atoms with Crippen molar-refractivity contribution >= 4 is 22.8 Å². The number of aryl methyl sites for hydroxylation is 1. The molecule has 1 N–H and O–H groups in total. The van der Waals surface area contributed by atoms with Gasteiger partial charge in [0.1, 0.15) is 11.3 Å². The number of para-hydroxylation sites is 1. The summed E-state index contributed by atoms with van der Waals surface area (Å²) in [6.45, 7) is 0. The monoisotopic (exact) mass is 347 g/mol. The van der Waals surface area contributed by atoms with E-state index in [9.17, 15) is 4.79 Å². The lowest BCUT2D eigenvalue weighted by Crippen LogP contribution is -2.20. The molecule has 7 heteroatoms. The highest BCUT2D eigenvalue weighted by Gasteiger charge is 2.15. The minimum absolute atomic E-state index is 0.168. The summed E-state index contributed by atoms with van der Waals surface area (Å²) in [4.78, 5) is 21.6. The van der Waals surface area contributed by atoms with Gasteiger partial charge in [-0.25, -0.2) is 14.3 Å². The highest BCUT2D eigenvalue weighted by atomic mass is 16.5. The van der Waals surface area contributed by atoms with Gasteiger partial charge in [-0.3, -0.25) is 4.57 Å². The van der Waals surface area contributed by atoms with Crippen molar-refractivity contribution in [3.63, 3.8) is 0 Å². The van der Waals surface area contributed by atoms with Gasteiger partial charge in [-0.05, 0) is 24.3 Å². The summed E-state index contributed by atoms with van der Waals surface area (Å²) in [5.41, 5.74) is 2.60. The summed E-state index contributed by atoms with van der Waals surface area (Å²) in [6.07, 6.45) is 1.64. The van der Waals surface area contributed by atoms with Crippen molar-refractivity contribution < 1.29 is 4.74 Å². The van der Waals surface area contributed by atoms with Gasteiger partial charge in [0.05, 0.1) is 19.0 Å². The van der Waals surface area contributed by atoms with Crippen LogP contribution in [0.2, 0.25) is 0 Å². The van der Waals surface area contributed by atoms with Crippen LogP contribution in [0.5, 0.6) is 5.75 Å². The molecule has 4 rings (SSSR count). The van der Waals surface area contributed by atoms with Crippen molar-refractivity contribution in [3.8, 4) is 11.4 Å². The average Bonchev–Trinajstić information content (AvgIpc) is 2.93. The predicted molar refractivity (Wildman–Crippen MR) is 100 cm³/mol. The van der Waals surface area contributed by atoms with E-state index in [1.807, 2.05) is 54.6 Å². The lowest BCUT2D eigenvalue weighted by molar-refractivity contribution is 0.415. The van der Waals surface area contributed by atoms with Crippen LogP contribution in [0.25, 0.3) is 16.9 Å². The van der Waals surface area contributed by atoms with Crippen LogP contribution < -0.4 is 15.7 Å². The van der Waals surface area contributed by atoms with E-state index in [4.69, 9.17) is 4.74 Å². The Morgan fingerprint density at radius 1 is 1.08 bits per heavy atom. The quantitative estimate of drug-likeness (QED) is 0.614. The minimum atomic E-state index is -0.168. The third-order valence-electron chi connectivity index (χ3n) is 4.14. The standard InChI is InChI=1S/C19H17N5O2/c1-23-16-12-20-18(21-13-7-6-10-15(11-13)26-2)22-17(16)24(19(23)25)14-8-4-3-5-9-14/h3-12H,1-2H3,(H,20,21,22). The van der Waals surface area contributed by atoms with E-state index >= 15 is 0 Å². The molecule has 0 fully saturated rings. The highest BCUT2D eigenvalue weighted by molar-refractivity contribution is 5.75. The van der Waals surface area contributed by atoms with Crippen LogP contribution in [0.15, 0.2) is 65.6 Å². The summed E-state index contributed by atoms with van der Waals surface area (Å²) in [5, 5.41) is 3.15. The number of imidazole rings is 1. The van der Waals surface area contributed by atoms with Gasteiger partial charge in [0.15, 0.2) is 5.65 Å². The van der Waals surface area contributed by atoms with E-state index in [2.05, 4.69) is 15.3 Å². The largest absolute Gasteiger partial charge is 0.497 e. The molecule has 4 aromatic rings. The summed E-state index contributed by atoms with van der Waals surface area (Å²) in [5.74, 6) is 1.14. The van der Waals surface area contributed by atoms with Gasteiger partial charge < -0.3 is 10.1 Å². The Hall–Kier alpha value is -3.61. The number of hydrogen-bond donors (Lipinski definition) is 1. The van der Waals surface area contributed by atoms with E-state index in [1.165, 1.54) is 4.57 Å². The van der Waals surface area contributed by atoms with E-state index in [0.717, 1.165) is 17.1 Å². The maximum Gasteiger partial charge on any atom is 0.334 e. The summed E-state index contributed by atoms with van der Waals surface area (Å²) < 4.78 is 8.35. The fourth-order valence-corrected chi connectivity index (χ4v) is 2.81. The third kappa shape index (κ3) is 2.69. The van der Waals surface area contributed by atoms with Gasteiger partial charge in [0.2, 0.25) is 5.95 Å². The highest BCUT2D eigenvalue weighted by Crippen LogP contribution is 2.21. The molecule has 0 unspecified atom stereocenters. The molecule has 26 heavy (non-hydrogen) atoms. The van der Waals surface area contributed by atoms with Crippen molar-refractivity contribution in [2.45, 2.75) is 0 Å². The van der Waals surface area contributed by atoms with E-state index in [0.29, 0.717) is 17.1 Å². The Bertz CT molecular complexity index is 1130. The van der Waals surface area contributed by atoms with Gasteiger partial charge in [-0.15, -0.1) is 0 Å². The first kappa shape index (κ1) is 15.9. The number of hydrogen-bond acceptors (Lipinski definition) is 5. The number of aromatic nitrogens is 4. The normalized spacial score (nSPS) is 10.8. The molecule has 0 aliphatic rings. The van der Waals surface area contributed by atoms with Gasteiger partial charge in [0, 0.05) is 18.8 Å². The zero-order chi connectivity index (χ0) is 18.1. The Morgan fingerprint density at radius 3 is 2.65 bits per heavy atom. The fraction of sp³-hybridized carbons (Fsp3) is 0.105.